The van der Waals surface area contributed by atoms with Crippen LogP contribution in [0.15, 0.2) is 48.5 Å². The van der Waals surface area contributed by atoms with Crippen LogP contribution < -0.4 is 5.32 Å². The summed E-state index contributed by atoms with van der Waals surface area (Å²) in [6.07, 6.45) is 1.23. The van der Waals surface area contributed by atoms with E-state index in [4.69, 9.17) is 4.74 Å². The van der Waals surface area contributed by atoms with E-state index in [1.165, 1.54) is 18.9 Å². The molecule has 1 aliphatic rings. The second-order valence-electron chi connectivity index (χ2n) is 6.31. The van der Waals surface area contributed by atoms with Gasteiger partial charge in [0.05, 0.1) is 10.1 Å². The summed E-state index contributed by atoms with van der Waals surface area (Å²) in [5, 5.41) is 2.62. The number of hydrogen-bond donors (Lipinski definition) is 1. The summed E-state index contributed by atoms with van der Waals surface area (Å²) in [6.45, 7) is 1.07. The van der Waals surface area contributed by atoms with E-state index >= 15 is 0 Å². The molecule has 0 unspecified atom stereocenters. The largest absolute Gasteiger partial charge is 0.452 e. The minimum absolute atomic E-state index is 0.0870. The SMILES string of the molecule is CC(=O)c1cccc(NC(=O)COC(=O)c2ccc(C3SCCCS3)cc2)c1. The number of carbonyl (C=O) groups is 3. The smallest absolute Gasteiger partial charge is 0.338 e. The van der Waals surface area contributed by atoms with Gasteiger partial charge in [0.2, 0.25) is 0 Å². The lowest BCUT2D eigenvalue weighted by atomic mass is 10.1. The minimum atomic E-state index is -0.539. The van der Waals surface area contributed by atoms with E-state index in [9.17, 15) is 14.4 Å². The summed E-state index contributed by atoms with van der Waals surface area (Å²) < 4.78 is 5.51. The number of anilines is 1. The Morgan fingerprint density at radius 3 is 2.43 bits per heavy atom. The zero-order valence-electron chi connectivity index (χ0n) is 15.5. The lowest BCUT2D eigenvalue weighted by Crippen LogP contribution is -2.21. The number of esters is 1. The Morgan fingerprint density at radius 1 is 1.04 bits per heavy atom. The molecule has 5 nitrogen and oxygen atoms in total. The molecule has 2 aromatic rings. The highest BCUT2D eigenvalue weighted by atomic mass is 32.2. The van der Waals surface area contributed by atoms with E-state index in [2.05, 4.69) is 5.32 Å². The standard InChI is InChI=1S/C21H21NO4S2/c1-14(23)17-4-2-5-18(12-17)22-19(24)13-26-20(25)15-6-8-16(9-7-15)21-27-10-3-11-28-21/h2,4-9,12,21H,3,10-11,13H2,1H3,(H,22,24). The van der Waals surface area contributed by atoms with Crippen LogP contribution in [0.3, 0.4) is 0 Å². The summed E-state index contributed by atoms with van der Waals surface area (Å²) in [4.78, 5) is 35.6. The number of carbonyl (C=O) groups excluding carboxylic acids is 3. The molecule has 0 bridgehead atoms. The number of amides is 1. The Bertz CT molecular complexity index is 861. The van der Waals surface area contributed by atoms with E-state index in [0.717, 1.165) is 11.5 Å². The average molecular weight is 416 g/mol. The van der Waals surface area contributed by atoms with E-state index in [0.29, 0.717) is 21.4 Å². The molecule has 0 aromatic heterocycles. The summed E-state index contributed by atoms with van der Waals surface area (Å²) in [6, 6.07) is 14.0. The molecule has 2 aromatic carbocycles. The van der Waals surface area contributed by atoms with Crippen molar-refractivity contribution in [2.45, 2.75) is 17.9 Å². The lowest BCUT2D eigenvalue weighted by Gasteiger charge is -2.21. The molecule has 146 valence electrons. The molecule has 1 N–H and O–H groups in total. The summed E-state index contributed by atoms with van der Waals surface area (Å²) in [5.74, 6) is 1.23. The number of hydrogen-bond acceptors (Lipinski definition) is 6. The monoisotopic (exact) mass is 415 g/mol. The third-order valence-electron chi connectivity index (χ3n) is 4.13. The van der Waals surface area contributed by atoms with Crippen molar-refractivity contribution in [3.05, 3.63) is 65.2 Å². The predicted octanol–water partition coefficient (Wildman–Crippen LogP) is 4.55. The van der Waals surface area contributed by atoms with Crippen LogP contribution in [0.4, 0.5) is 5.69 Å². The van der Waals surface area contributed by atoms with Crippen molar-refractivity contribution in [1.82, 2.24) is 0 Å². The first-order chi connectivity index (χ1) is 13.5. The number of ketones is 1. The van der Waals surface area contributed by atoms with Gasteiger partial charge in [0, 0.05) is 11.3 Å². The Hall–Kier alpha value is -2.25. The fraction of sp³-hybridized carbons (Fsp3) is 0.286. The van der Waals surface area contributed by atoms with E-state index in [1.807, 2.05) is 35.7 Å². The highest BCUT2D eigenvalue weighted by Crippen LogP contribution is 2.43. The molecule has 0 aliphatic carbocycles. The zero-order valence-corrected chi connectivity index (χ0v) is 17.1. The summed E-state index contributed by atoms with van der Waals surface area (Å²) in [5.41, 5.74) is 2.60. The van der Waals surface area contributed by atoms with Crippen LogP contribution in [0.5, 0.6) is 0 Å². The van der Waals surface area contributed by atoms with Crippen LogP contribution in [-0.2, 0) is 9.53 Å². The second kappa shape index (κ2) is 9.80. The van der Waals surface area contributed by atoms with Crippen molar-refractivity contribution in [3.8, 4) is 0 Å². The topological polar surface area (TPSA) is 72.5 Å². The van der Waals surface area contributed by atoms with E-state index < -0.39 is 11.9 Å². The van der Waals surface area contributed by atoms with E-state index in [1.54, 1.807) is 36.4 Å². The molecule has 0 radical (unpaired) electrons. The molecule has 7 heteroatoms. The van der Waals surface area contributed by atoms with Crippen molar-refractivity contribution in [2.24, 2.45) is 0 Å². The number of nitrogens with one attached hydrogen (secondary N) is 1. The van der Waals surface area contributed by atoms with Crippen molar-refractivity contribution in [1.29, 1.82) is 0 Å². The number of ether oxygens (including phenoxy) is 1. The van der Waals surface area contributed by atoms with Crippen molar-refractivity contribution in [3.63, 3.8) is 0 Å². The fourth-order valence-electron chi connectivity index (χ4n) is 2.68. The molecule has 1 saturated heterocycles. The first kappa shape index (κ1) is 20.5. The van der Waals surface area contributed by atoms with Gasteiger partial charge in [-0.15, -0.1) is 23.5 Å². The Balaban J connectivity index is 1.51. The summed E-state index contributed by atoms with van der Waals surface area (Å²) in [7, 11) is 0. The summed E-state index contributed by atoms with van der Waals surface area (Å²) >= 11 is 3.84. The van der Waals surface area contributed by atoms with Gasteiger partial charge in [0.25, 0.3) is 5.91 Å². The molecule has 28 heavy (non-hydrogen) atoms. The molecular weight excluding hydrogens is 394 g/mol. The molecule has 1 aliphatic heterocycles. The first-order valence-corrected chi connectivity index (χ1v) is 11.0. The van der Waals surface area contributed by atoms with Crippen LogP contribution in [0.1, 0.15) is 44.2 Å². The van der Waals surface area contributed by atoms with Gasteiger partial charge in [-0.25, -0.2) is 4.79 Å². The highest BCUT2D eigenvalue weighted by molar-refractivity contribution is 8.16. The number of thioether (sulfide) groups is 2. The third kappa shape index (κ3) is 5.62. The van der Waals surface area contributed by atoms with Crippen molar-refractivity contribution in [2.75, 3.05) is 23.4 Å². The average Bonchev–Trinajstić information content (AvgIpc) is 2.73. The number of Topliss-reactive ketones (excluding diaryl/α,β-unsaturated/α-hetero) is 1. The zero-order chi connectivity index (χ0) is 19.9. The molecule has 1 fully saturated rings. The highest BCUT2D eigenvalue weighted by Gasteiger charge is 2.17. The number of rotatable bonds is 6. The molecule has 1 amide bonds. The maximum Gasteiger partial charge on any atom is 0.338 e. The Morgan fingerprint density at radius 2 is 1.75 bits per heavy atom. The molecule has 3 rings (SSSR count). The lowest BCUT2D eigenvalue weighted by molar-refractivity contribution is -0.119. The first-order valence-electron chi connectivity index (χ1n) is 8.94. The molecule has 0 atom stereocenters. The molecule has 0 saturated carbocycles. The van der Waals surface area contributed by atoms with Gasteiger partial charge in [-0.05, 0) is 54.7 Å². The minimum Gasteiger partial charge on any atom is -0.452 e. The Kier molecular flexibility index (Phi) is 7.17. The van der Waals surface area contributed by atoms with Gasteiger partial charge in [0.15, 0.2) is 12.4 Å². The van der Waals surface area contributed by atoms with Gasteiger partial charge in [0.1, 0.15) is 0 Å². The molecule has 1 heterocycles. The van der Waals surface area contributed by atoms with Gasteiger partial charge in [-0.2, -0.15) is 0 Å². The van der Waals surface area contributed by atoms with Gasteiger partial charge in [-0.1, -0.05) is 24.3 Å². The van der Waals surface area contributed by atoms with Crippen LogP contribution in [-0.4, -0.2) is 35.8 Å². The maximum absolute atomic E-state index is 12.2. The maximum atomic E-state index is 12.2. The van der Waals surface area contributed by atoms with Crippen molar-refractivity contribution >= 4 is 46.9 Å². The normalized spacial score (nSPS) is 14.3. The van der Waals surface area contributed by atoms with Gasteiger partial charge >= 0.3 is 5.97 Å². The van der Waals surface area contributed by atoms with Gasteiger partial charge in [-0.3, -0.25) is 9.59 Å². The van der Waals surface area contributed by atoms with Crippen LogP contribution in [0.2, 0.25) is 0 Å². The van der Waals surface area contributed by atoms with Crippen LogP contribution in [0.25, 0.3) is 0 Å². The molecule has 0 spiro atoms. The van der Waals surface area contributed by atoms with Crippen molar-refractivity contribution < 1.29 is 19.1 Å². The second-order valence-corrected chi connectivity index (χ2v) is 9.03. The Labute approximate surface area is 172 Å². The van der Waals surface area contributed by atoms with E-state index in [-0.39, 0.29) is 12.4 Å². The number of benzene rings is 2. The fourth-order valence-corrected chi connectivity index (χ4v) is 5.58. The third-order valence-corrected chi connectivity index (χ3v) is 7.15. The quantitative estimate of drug-likeness (QED) is 0.551. The van der Waals surface area contributed by atoms with Crippen LogP contribution in [0, 0.1) is 0 Å². The van der Waals surface area contributed by atoms with Crippen LogP contribution >= 0.6 is 23.5 Å². The predicted molar refractivity (Wildman–Crippen MR) is 114 cm³/mol. The molecular formula is C21H21NO4S2. The van der Waals surface area contributed by atoms with Gasteiger partial charge < -0.3 is 10.1 Å².